The molecule has 3 N–H and O–H groups in total. The van der Waals surface area contributed by atoms with Crippen molar-refractivity contribution in [1.82, 2.24) is 5.32 Å². The number of hydrogen-bond acceptors (Lipinski definition) is 2. The van der Waals surface area contributed by atoms with Gasteiger partial charge in [-0.1, -0.05) is 18.5 Å². The number of aliphatic hydroxyl groups excluding tert-OH is 1. The first-order valence-electron chi connectivity index (χ1n) is 5.20. The van der Waals surface area contributed by atoms with Crippen molar-refractivity contribution in [2.24, 2.45) is 0 Å². The third kappa shape index (κ3) is 4.46. The Balaban J connectivity index is 2.58. The van der Waals surface area contributed by atoms with E-state index in [0.29, 0.717) is 10.8 Å². The van der Waals surface area contributed by atoms with Crippen molar-refractivity contribution in [3.05, 3.63) is 29.0 Å². The number of hydrogen-bond donors (Lipinski definition) is 3. The summed E-state index contributed by atoms with van der Waals surface area (Å²) in [4.78, 5) is 0. The Bertz CT molecular complexity index is 399. The van der Waals surface area contributed by atoms with E-state index in [2.05, 4.69) is 10.6 Å². The van der Waals surface area contributed by atoms with Gasteiger partial charge >= 0.3 is 0 Å². The summed E-state index contributed by atoms with van der Waals surface area (Å²) in [6.07, 6.45) is 0.752. The van der Waals surface area contributed by atoms with Crippen molar-refractivity contribution >= 4 is 34.6 Å². The normalized spacial score (nSPS) is 12.0. The van der Waals surface area contributed by atoms with Crippen LogP contribution in [0, 0.1) is 5.82 Å². The Kier molecular flexibility index (Phi) is 5.61. The fourth-order valence-corrected chi connectivity index (χ4v) is 1.67. The molecule has 0 saturated heterocycles. The van der Waals surface area contributed by atoms with Gasteiger partial charge in [-0.3, -0.25) is 0 Å². The van der Waals surface area contributed by atoms with Crippen LogP contribution in [-0.2, 0) is 0 Å². The lowest BCUT2D eigenvalue weighted by atomic mass is 10.2. The zero-order valence-corrected chi connectivity index (χ0v) is 10.9. The molecule has 0 bridgehead atoms. The van der Waals surface area contributed by atoms with Gasteiger partial charge in [-0.15, -0.1) is 0 Å². The first-order valence-corrected chi connectivity index (χ1v) is 5.98. The Morgan fingerprint density at radius 2 is 2.29 bits per heavy atom. The van der Waals surface area contributed by atoms with Crippen LogP contribution in [0.4, 0.5) is 10.1 Å². The van der Waals surface area contributed by atoms with E-state index in [4.69, 9.17) is 28.9 Å². The van der Waals surface area contributed by atoms with E-state index in [0.717, 1.165) is 6.42 Å². The highest BCUT2D eigenvalue weighted by molar-refractivity contribution is 7.80. The van der Waals surface area contributed by atoms with Crippen LogP contribution in [-0.4, -0.2) is 22.9 Å². The smallest absolute Gasteiger partial charge is 0.171 e. The van der Waals surface area contributed by atoms with Crippen molar-refractivity contribution in [2.45, 2.75) is 19.4 Å². The summed E-state index contributed by atoms with van der Waals surface area (Å²) < 4.78 is 12.9. The molecule has 0 aromatic heterocycles. The molecule has 0 saturated carbocycles. The molecule has 17 heavy (non-hydrogen) atoms. The molecular formula is C11H14ClFN2OS. The highest BCUT2D eigenvalue weighted by atomic mass is 35.5. The van der Waals surface area contributed by atoms with Crippen LogP contribution in [0.3, 0.4) is 0 Å². The minimum Gasteiger partial charge on any atom is -0.394 e. The molecule has 3 nitrogen and oxygen atoms in total. The van der Waals surface area contributed by atoms with Crippen LogP contribution in [0.5, 0.6) is 0 Å². The van der Waals surface area contributed by atoms with E-state index in [1.54, 1.807) is 0 Å². The van der Waals surface area contributed by atoms with Crippen molar-refractivity contribution in [3.63, 3.8) is 0 Å². The van der Waals surface area contributed by atoms with Crippen LogP contribution in [0.1, 0.15) is 13.3 Å². The summed E-state index contributed by atoms with van der Waals surface area (Å²) in [5.41, 5.74) is 0.599. The second kappa shape index (κ2) is 6.74. The Morgan fingerprint density at radius 1 is 1.59 bits per heavy atom. The van der Waals surface area contributed by atoms with E-state index in [9.17, 15) is 4.39 Å². The molecule has 0 aliphatic carbocycles. The number of halogens is 2. The van der Waals surface area contributed by atoms with Crippen molar-refractivity contribution in [2.75, 3.05) is 11.9 Å². The maximum absolute atomic E-state index is 12.9. The predicted octanol–water partition coefficient (Wildman–Crippen LogP) is 2.54. The number of aliphatic hydroxyl groups is 1. The standard InChI is InChI=1S/C11H14ClFN2OS/c1-2-7(6-16)14-11(17)15-8-3-4-10(13)9(12)5-8/h3-5,7,16H,2,6H2,1H3,(H2,14,15,17)/t7-/m1/s1. The quantitative estimate of drug-likeness (QED) is 0.740. The number of thiocarbonyl (C=S) groups is 1. The summed E-state index contributed by atoms with van der Waals surface area (Å²) in [6.45, 7) is 1.94. The lowest BCUT2D eigenvalue weighted by molar-refractivity contribution is 0.253. The Hall–Kier alpha value is -0.910. The zero-order valence-electron chi connectivity index (χ0n) is 9.34. The van der Waals surface area contributed by atoms with Gasteiger partial charge in [0.15, 0.2) is 5.11 Å². The van der Waals surface area contributed by atoms with E-state index in [1.807, 2.05) is 6.92 Å². The lowest BCUT2D eigenvalue weighted by Crippen LogP contribution is -2.39. The molecule has 94 valence electrons. The Labute approximate surface area is 110 Å². The van der Waals surface area contributed by atoms with Crippen LogP contribution in [0.15, 0.2) is 18.2 Å². The number of rotatable bonds is 4. The molecule has 6 heteroatoms. The molecule has 0 radical (unpaired) electrons. The molecule has 1 rings (SSSR count). The van der Waals surface area contributed by atoms with Gasteiger partial charge in [-0.25, -0.2) is 4.39 Å². The topological polar surface area (TPSA) is 44.3 Å². The van der Waals surface area contributed by atoms with Gasteiger partial charge in [0.05, 0.1) is 17.7 Å². The predicted molar refractivity (Wildman–Crippen MR) is 71.9 cm³/mol. The minimum atomic E-state index is -0.474. The van der Waals surface area contributed by atoms with Gasteiger partial charge in [0.25, 0.3) is 0 Å². The molecule has 0 heterocycles. The van der Waals surface area contributed by atoms with Gasteiger partial charge in [0, 0.05) is 5.69 Å². The molecule has 0 spiro atoms. The first-order chi connectivity index (χ1) is 8.06. The lowest BCUT2D eigenvalue weighted by Gasteiger charge is -2.17. The third-order valence-electron chi connectivity index (χ3n) is 2.23. The second-order valence-electron chi connectivity index (χ2n) is 3.52. The molecule has 0 amide bonds. The molecule has 0 unspecified atom stereocenters. The monoisotopic (exact) mass is 276 g/mol. The van der Waals surface area contributed by atoms with Crippen molar-refractivity contribution < 1.29 is 9.50 Å². The average Bonchev–Trinajstić information content (AvgIpc) is 2.31. The van der Waals surface area contributed by atoms with E-state index < -0.39 is 5.82 Å². The average molecular weight is 277 g/mol. The largest absolute Gasteiger partial charge is 0.394 e. The first kappa shape index (κ1) is 14.2. The molecule has 1 atom stereocenters. The summed E-state index contributed by atoms with van der Waals surface area (Å²) >= 11 is 10.7. The van der Waals surface area contributed by atoms with Crippen molar-refractivity contribution in [1.29, 1.82) is 0 Å². The number of anilines is 1. The van der Waals surface area contributed by atoms with Crippen LogP contribution in [0.2, 0.25) is 5.02 Å². The molecule has 0 aliphatic heterocycles. The molecule has 1 aromatic rings. The van der Waals surface area contributed by atoms with Gasteiger partial charge in [0.2, 0.25) is 0 Å². The van der Waals surface area contributed by atoms with Crippen LogP contribution in [0.25, 0.3) is 0 Å². The van der Waals surface area contributed by atoms with Gasteiger partial charge in [-0.05, 0) is 36.8 Å². The van der Waals surface area contributed by atoms with E-state index in [1.165, 1.54) is 18.2 Å². The summed E-state index contributed by atoms with van der Waals surface area (Å²) in [6, 6.07) is 4.15. The molecule has 1 aromatic carbocycles. The van der Waals surface area contributed by atoms with Crippen molar-refractivity contribution in [3.8, 4) is 0 Å². The van der Waals surface area contributed by atoms with Gasteiger partial charge in [0.1, 0.15) is 5.82 Å². The maximum Gasteiger partial charge on any atom is 0.171 e. The number of nitrogens with one attached hydrogen (secondary N) is 2. The van der Waals surface area contributed by atoms with Crippen LogP contribution < -0.4 is 10.6 Å². The Morgan fingerprint density at radius 3 is 2.82 bits per heavy atom. The summed E-state index contributed by atoms with van der Waals surface area (Å²) in [5, 5.41) is 15.2. The fourth-order valence-electron chi connectivity index (χ4n) is 1.20. The van der Waals surface area contributed by atoms with E-state index in [-0.39, 0.29) is 17.7 Å². The summed E-state index contributed by atoms with van der Waals surface area (Å²) in [5.74, 6) is -0.474. The maximum atomic E-state index is 12.9. The molecule has 0 aliphatic rings. The molecule has 0 fully saturated rings. The van der Waals surface area contributed by atoms with E-state index >= 15 is 0 Å². The van der Waals surface area contributed by atoms with Gasteiger partial charge in [-0.2, -0.15) is 0 Å². The highest BCUT2D eigenvalue weighted by Gasteiger charge is 2.07. The summed E-state index contributed by atoms with van der Waals surface area (Å²) in [7, 11) is 0. The fraction of sp³-hybridized carbons (Fsp3) is 0.364. The zero-order chi connectivity index (χ0) is 12.8. The van der Waals surface area contributed by atoms with Gasteiger partial charge < -0.3 is 15.7 Å². The number of benzene rings is 1. The highest BCUT2D eigenvalue weighted by Crippen LogP contribution is 2.19. The third-order valence-corrected chi connectivity index (χ3v) is 2.74. The molecular weight excluding hydrogens is 263 g/mol. The van der Waals surface area contributed by atoms with Crippen LogP contribution >= 0.6 is 23.8 Å². The SMILES string of the molecule is CC[C@H](CO)NC(=S)Nc1ccc(F)c(Cl)c1. The second-order valence-corrected chi connectivity index (χ2v) is 4.33. The minimum absolute atomic E-state index is 0.00247.